The third-order valence-electron chi connectivity index (χ3n) is 3.25. The van der Waals surface area contributed by atoms with Gasteiger partial charge in [0.2, 0.25) is 5.91 Å². The molecule has 2 atom stereocenters. The van der Waals surface area contributed by atoms with Gasteiger partial charge in [-0.2, -0.15) is 0 Å². The first kappa shape index (κ1) is 17.9. The quantitative estimate of drug-likeness (QED) is 0.846. The molecule has 1 amide bonds. The first-order chi connectivity index (χ1) is 9.73. The topological polar surface area (TPSA) is 52.6 Å². The lowest BCUT2D eigenvalue weighted by Crippen LogP contribution is -2.47. The van der Waals surface area contributed by atoms with Gasteiger partial charge in [0.05, 0.1) is 17.2 Å². The summed E-state index contributed by atoms with van der Waals surface area (Å²) < 4.78 is 13.3. The summed E-state index contributed by atoms with van der Waals surface area (Å²) in [5.74, 6) is -0.610. The standard InChI is InChI=1S/C15H22ClFN2O2/c1-9(2)14(19(3)4)15(21)18-8-13(20)10-5-6-11(16)12(17)7-10/h5-7,9,13-14,20H,8H2,1-4H3,(H,18,21). The van der Waals surface area contributed by atoms with Crippen LogP contribution in [0, 0.1) is 11.7 Å². The minimum Gasteiger partial charge on any atom is -0.387 e. The van der Waals surface area contributed by atoms with E-state index >= 15 is 0 Å². The van der Waals surface area contributed by atoms with Gasteiger partial charge >= 0.3 is 0 Å². The Morgan fingerprint density at radius 2 is 2.05 bits per heavy atom. The van der Waals surface area contributed by atoms with Crippen LogP contribution in [0.2, 0.25) is 5.02 Å². The second-order valence-corrected chi connectivity index (χ2v) is 5.99. The van der Waals surface area contributed by atoms with Crippen molar-refractivity contribution in [1.29, 1.82) is 0 Å². The van der Waals surface area contributed by atoms with E-state index in [0.717, 1.165) is 0 Å². The Balaban J connectivity index is 2.65. The molecule has 6 heteroatoms. The van der Waals surface area contributed by atoms with Crippen molar-refractivity contribution >= 4 is 17.5 Å². The van der Waals surface area contributed by atoms with Gasteiger partial charge in [0.1, 0.15) is 5.82 Å². The zero-order valence-electron chi connectivity index (χ0n) is 12.7. The maximum Gasteiger partial charge on any atom is 0.237 e. The third-order valence-corrected chi connectivity index (χ3v) is 3.56. The molecule has 0 heterocycles. The number of hydrogen-bond donors (Lipinski definition) is 2. The highest BCUT2D eigenvalue weighted by atomic mass is 35.5. The molecule has 1 aromatic carbocycles. The lowest BCUT2D eigenvalue weighted by atomic mass is 10.0. The number of nitrogens with zero attached hydrogens (tertiary/aromatic N) is 1. The van der Waals surface area contributed by atoms with Crippen molar-refractivity contribution in [2.75, 3.05) is 20.6 Å². The SMILES string of the molecule is CC(C)C(C(=O)NCC(O)c1ccc(Cl)c(F)c1)N(C)C. The van der Waals surface area contributed by atoms with Crippen molar-refractivity contribution in [3.63, 3.8) is 0 Å². The summed E-state index contributed by atoms with van der Waals surface area (Å²) in [6.07, 6.45) is -0.976. The van der Waals surface area contributed by atoms with Crippen LogP contribution in [0.25, 0.3) is 0 Å². The normalized spacial score (nSPS) is 14.3. The highest BCUT2D eigenvalue weighted by Gasteiger charge is 2.24. The molecule has 0 spiro atoms. The van der Waals surface area contributed by atoms with Crippen LogP contribution in [-0.4, -0.2) is 42.6 Å². The van der Waals surface area contributed by atoms with Gasteiger partial charge in [-0.25, -0.2) is 4.39 Å². The van der Waals surface area contributed by atoms with Gasteiger partial charge in [-0.15, -0.1) is 0 Å². The van der Waals surface area contributed by atoms with Gasteiger partial charge in [0.15, 0.2) is 0 Å². The average Bonchev–Trinajstić information content (AvgIpc) is 2.38. The van der Waals surface area contributed by atoms with Crippen LogP contribution in [0.3, 0.4) is 0 Å². The van der Waals surface area contributed by atoms with Crippen molar-refractivity contribution in [1.82, 2.24) is 10.2 Å². The average molecular weight is 317 g/mol. The first-order valence-electron chi connectivity index (χ1n) is 6.81. The summed E-state index contributed by atoms with van der Waals surface area (Å²) in [7, 11) is 3.66. The smallest absolute Gasteiger partial charge is 0.237 e. The minimum atomic E-state index is -0.976. The summed E-state index contributed by atoms with van der Waals surface area (Å²) in [6, 6.07) is 3.81. The Morgan fingerprint density at radius 3 is 2.52 bits per heavy atom. The van der Waals surface area contributed by atoms with E-state index < -0.39 is 11.9 Å². The molecule has 118 valence electrons. The summed E-state index contributed by atoms with van der Waals surface area (Å²) in [4.78, 5) is 14.0. The Bertz CT molecular complexity index is 487. The third kappa shape index (κ3) is 4.95. The summed E-state index contributed by atoms with van der Waals surface area (Å²) in [5.41, 5.74) is 0.378. The number of aliphatic hydroxyl groups is 1. The Morgan fingerprint density at radius 1 is 1.43 bits per heavy atom. The molecule has 0 aliphatic carbocycles. The van der Waals surface area contributed by atoms with Gasteiger partial charge in [-0.1, -0.05) is 31.5 Å². The van der Waals surface area contributed by atoms with Crippen LogP contribution in [-0.2, 0) is 4.79 Å². The largest absolute Gasteiger partial charge is 0.387 e. The molecule has 0 fully saturated rings. The van der Waals surface area contributed by atoms with Gasteiger partial charge in [-0.05, 0) is 37.7 Å². The van der Waals surface area contributed by atoms with E-state index in [1.165, 1.54) is 18.2 Å². The van der Waals surface area contributed by atoms with Crippen molar-refractivity contribution in [3.8, 4) is 0 Å². The first-order valence-corrected chi connectivity index (χ1v) is 7.19. The molecular formula is C15H22ClFN2O2. The van der Waals surface area contributed by atoms with Crippen LogP contribution >= 0.6 is 11.6 Å². The van der Waals surface area contributed by atoms with E-state index in [1.54, 1.807) is 0 Å². The molecular weight excluding hydrogens is 295 g/mol. The number of carbonyl (C=O) groups is 1. The molecule has 0 saturated carbocycles. The predicted octanol–water partition coefficient (Wildman–Crippen LogP) is 2.21. The Hall–Kier alpha value is -1.17. The molecule has 2 N–H and O–H groups in total. The summed E-state index contributed by atoms with van der Waals surface area (Å²) in [6.45, 7) is 3.93. The number of hydrogen-bond acceptors (Lipinski definition) is 3. The zero-order valence-corrected chi connectivity index (χ0v) is 13.5. The number of benzene rings is 1. The fourth-order valence-corrected chi connectivity index (χ4v) is 2.39. The lowest BCUT2D eigenvalue weighted by Gasteiger charge is -2.27. The molecule has 0 aromatic heterocycles. The molecule has 1 aromatic rings. The number of nitrogens with one attached hydrogen (secondary N) is 1. The maximum atomic E-state index is 13.3. The summed E-state index contributed by atoms with van der Waals surface area (Å²) in [5, 5.41) is 12.7. The van der Waals surface area contributed by atoms with Gasteiger partial charge < -0.3 is 10.4 Å². The van der Waals surface area contributed by atoms with E-state index in [0.29, 0.717) is 5.56 Å². The zero-order chi connectivity index (χ0) is 16.2. The minimum absolute atomic E-state index is 0.00228. The molecule has 0 bridgehead atoms. The second-order valence-electron chi connectivity index (χ2n) is 5.59. The Labute approximate surface area is 129 Å². The molecule has 0 aliphatic rings. The number of halogens is 2. The van der Waals surface area contributed by atoms with Crippen LogP contribution < -0.4 is 5.32 Å². The van der Waals surface area contributed by atoms with Crippen molar-refractivity contribution in [3.05, 3.63) is 34.6 Å². The number of aliphatic hydroxyl groups excluding tert-OH is 1. The number of likely N-dealkylation sites (N-methyl/N-ethyl adjacent to an activating group) is 1. The van der Waals surface area contributed by atoms with Gasteiger partial charge in [-0.3, -0.25) is 9.69 Å². The van der Waals surface area contributed by atoms with Crippen LogP contribution in [0.5, 0.6) is 0 Å². The van der Waals surface area contributed by atoms with E-state index in [2.05, 4.69) is 5.32 Å². The molecule has 1 rings (SSSR count). The molecule has 4 nitrogen and oxygen atoms in total. The lowest BCUT2D eigenvalue weighted by molar-refractivity contribution is -0.127. The second kappa shape index (κ2) is 7.73. The molecule has 0 radical (unpaired) electrons. The van der Waals surface area contributed by atoms with E-state index in [9.17, 15) is 14.3 Å². The van der Waals surface area contributed by atoms with E-state index in [4.69, 9.17) is 11.6 Å². The molecule has 0 saturated heterocycles. The number of amides is 1. The van der Waals surface area contributed by atoms with E-state index in [1.807, 2.05) is 32.8 Å². The Kier molecular flexibility index (Phi) is 6.58. The van der Waals surface area contributed by atoms with E-state index in [-0.39, 0.29) is 29.4 Å². The van der Waals surface area contributed by atoms with Gasteiger partial charge in [0.25, 0.3) is 0 Å². The molecule has 0 aliphatic heterocycles. The fourth-order valence-electron chi connectivity index (χ4n) is 2.27. The van der Waals surface area contributed by atoms with Crippen LogP contribution in [0.15, 0.2) is 18.2 Å². The highest BCUT2D eigenvalue weighted by molar-refractivity contribution is 6.30. The predicted molar refractivity (Wildman–Crippen MR) is 81.7 cm³/mol. The highest BCUT2D eigenvalue weighted by Crippen LogP contribution is 2.20. The van der Waals surface area contributed by atoms with Crippen LogP contribution in [0.4, 0.5) is 4.39 Å². The number of rotatable bonds is 6. The number of carbonyl (C=O) groups excluding carboxylic acids is 1. The fraction of sp³-hybridized carbons (Fsp3) is 0.533. The van der Waals surface area contributed by atoms with Crippen molar-refractivity contribution in [2.45, 2.75) is 26.0 Å². The van der Waals surface area contributed by atoms with Gasteiger partial charge in [0, 0.05) is 6.54 Å². The van der Waals surface area contributed by atoms with Crippen molar-refractivity contribution < 1.29 is 14.3 Å². The molecule has 21 heavy (non-hydrogen) atoms. The van der Waals surface area contributed by atoms with Crippen LogP contribution in [0.1, 0.15) is 25.5 Å². The summed E-state index contributed by atoms with van der Waals surface area (Å²) >= 11 is 5.59. The maximum absolute atomic E-state index is 13.3. The monoisotopic (exact) mass is 316 g/mol. The molecule has 2 unspecified atom stereocenters. The van der Waals surface area contributed by atoms with Crippen molar-refractivity contribution in [2.24, 2.45) is 5.92 Å².